The third-order valence-electron chi connectivity index (χ3n) is 4.92. The number of alkyl halides is 17. The Balaban J connectivity index is 7.08. The van der Waals surface area contributed by atoms with Gasteiger partial charge in [-0.25, -0.2) is 0 Å². The Morgan fingerprint density at radius 3 is 1.17 bits per heavy atom. The van der Waals surface area contributed by atoms with Gasteiger partial charge in [-0.05, 0) is 34.6 Å². The topological polar surface area (TPSA) is 86.7 Å². The van der Waals surface area contributed by atoms with Crippen molar-refractivity contribution in [2.45, 2.75) is 87.4 Å². The summed E-state index contributed by atoms with van der Waals surface area (Å²) in [6.45, 7) is 2.35. The quantitative estimate of drug-likeness (QED) is 0.113. The van der Waals surface area contributed by atoms with E-state index >= 15 is 0 Å². The van der Waals surface area contributed by atoms with E-state index < -0.39 is 80.0 Å². The number of Topliss-reactive ketones (excluding diaryl/α,β-unsaturated/α-hetero) is 1. The molecule has 0 N–H and O–H groups in total. The van der Waals surface area contributed by atoms with Crippen LogP contribution in [0.1, 0.15) is 34.6 Å². The first-order valence-corrected chi connectivity index (χ1v) is 11.1. The third kappa shape index (κ3) is 5.65. The molecular weight excluding hydrogens is 655 g/mol. The lowest BCUT2D eigenvalue weighted by molar-refractivity contribution is -0.448. The molecule has 0 bridgehead atoms. The number of rotatable bonds is 11. The van der Waals surface area contributed by atoms with Crippen LogP contribution in [-0.2, 0) is 28.6 Å². The molecule has 0 fully saturated rings. The van der Waals surface area contributed by atoms with Crippen LogP contribution in [0, 0.1) is 5.41 Å². The Labute approximate surface area is 217 Å². The highest BCUT2D eigenvalue weighted by atomic mass is 32.2. The second kappa shape index (κ2) is 9.96. The van der Waals surface area contributed by atoms with Crippen LogP contribution in [-0.4, -0.2) is 72.9 Å². The van der Waals surface area contributed by atoms with Crippen LogP contribution in [0.2, 0.25) is 0 Å². The summed E-state index contributed by atoms with van der Waals surface area (Å²) < 4.78 is 258. The first-order valence-electron chi connectivity index (χ1n) is 9.69. The zero-order valence-corrected chi connectivity index (χ0v) is 21.1. The lowest BCUT2D eigenvalue weighted by atomic mass is 9.84. The fourth-order valence-electron chi connectivity index (χ4n) is 2.23. The van der Waals surface area contributed by atoms with Crippen molar-refractivity contribution >= 4 is 21.9 Å². The van der Waals surface area contributed by atoms with Gasteiger partial charge < -0.3 is 4.74 Å². The summed E-state index contributed by atoms with van der Waals surface area (Å²) in [5, 5.41) is -8.33. The summed E-state index contributed by atoms with van der Waals surface area (Å²) in [5.41, 5.74) is -6.32. The maximum Gasteiger partial charge on any atom is 0.460 e. The Hall–Kier alpha value is -2.14. The maximum atomic E-state index is 14.6. The highest BCUT2D eigenvalue weighted by Gasteiger charge is 2.95. The van der Waals surface area contributed by atoms with Gasteiger partial charge >= 0.3 is 63.2 Å². The molecule has 0 rings (SSSR count). The number of ketones is 1. The van der Waals surface area contributed by atoms with Crippen molar-refractivity contribution in [1.29, 1.82) is 0 Å². The van der Waals surface area contributed by atoms with Crippen molar-refractivity contribution in [3.63, 3.8) is 0 Å². The number of ether oxygens (including phenoxy) is 1. The van der Waals surface area contributed by atoms with Gasteiger partial charge in [-0.2, -0.15) is 87.2 Å². The van der Waals surface area contributed by atoms with E-state index in [1.165, 1.54) is 0 Å². The van der Waals surface area contributed by atoms with Gasteiger partial charge in [-0.15, -0.1) is 0 Å². The minimum Gasteiger partial charge on any atom is -0.459 e. The average molecular weight is 670 g/mol. The van der Waals surface area contributed by atoms with Gasteiger partial charge in [0.15, 0.2) is 5.78 Å². The molecule has 0 radical (unpaired) electrons. The van der Waals surface area contributed by atoms with Crippen LogP contribution < -0.4 is 0 Å². The summed E-state index contributed by atoms with van der Waals surface area (Å²) in [7, 11) is -8.68. The molecule has 41 heavy (non-hydrogen) atoms. The fourth-order valence-corrected chi connectivity index (χ4v) is 3.22. The molecule has 0 aromatic rings. The molecule has 1 atom stereocenters. The minimum atomic E-state index is -8.94. The first-order chi connectivity index (χ1) is 17.3. The molecule has 0 aromatic heterocycles. The molecule has 0 amide bonds. The van der Waals surface area contributed by atoms with Crippen LogP contribution in [0.4, 0.5) is 74.6 Å². The highest BCUT2D eigenvalue weighted by Crippen LogP contribution is 2.63. The van der Waals surface area contributed by atoms with Gasteiger partial charge in [0.1, 0.15) is 5.60 Å². The van der Waals surface area contributed by atoms with E-state index in [1.54, 1.807) is 0 Å². The molecule has 0 saturated heterocycles. The Kier molecular flexibility index (Phi) is 9.44. The van der Waals surface area contributed by atoms with Gasteiger partial charge in [0.25, 0.3) is 0 Å². The van der Waals surface area contributed by atoms with Gasteiger partial charge in [0.05, 0.1) is 0 Å². The SMILES string of the molecule is CC(=O)C(C)(C(=O)OC(C)(C)C)C(F)(F)OS(=O)(=O)C(F)(F)C(F)(F)C(F)(F)C(F)(F)C(F)(F)C(F)(F)C(F)(F)F. The van der Waals surface area contributed by atoms with E-state index in [0.717, 1.165) is 20.8 Å². The highest BCUT2D eigenvalue weighted by molar-refractivity contribution is 7.87. The molecule has 244 valence electrons. The molecule has 0 aliphatic carbocycles. The minimum absolute atomic E-state index is 0.0157. The summed E-state index contributed by atoms with van der Waals surface area (Å²) >= 11 is 0. The smallest absolute Gasteiger partial charge is 0.459 e. The molecule has 0 aliphatic heterocycles. The zero-order chi connectivity index (χ0) is 34.1. The number of hydrogen-bond donors (Lipinski definition) is 0. The maximum absolute atomic E-state index is 14.6. The molecule has 6 nitrogen and oxygen atoms in total. The van der Waals surface area contributed by atoms with Crippen LogP contribution in [0.5, 0.6) is 0 Å². The summed E-state index contributed by atoms with van der Waals surface area (Å²) in [5.74, 6) is -48.6. The molecule has 0 aliphatic rings. The van der Waals surface area contributed by atoms with E-state index in [0.29, 0.717) is 0 Å². The standard InChI is InChI=1S/C17H15F17O6S/c1-6(35)9(5,7(36)39-8(2,3)4)16(31,32)40-41(37,38)17(33,34)14(26,27)12(22,23)10(18,19)11(20,21)13(24,25)15(28,29)30/h1-5H3. The second-order valence-electron chi connectivity index (χ2n) is 9.12. The van der Waals surface area contributed by atoms with Crippen molar-refractivity contribution in [2.24, 2.45) is 5.41 Å². The number of carbonyl (C=O) groups excluding carboxylic acids is 2. The normalized spacial score (nSPS) is 17.2. The number of esters is 1. The lowest BCUT2D eigenvalue weighted by Crippen LogP contribution is -2.73. The van der Waals surface area contributed by atoms with Crippen LogP contribution in [0.3, 0.4) is 0 Å². The van der Waals surface area contributed by atoms with Gasteiger partial charge in [0.2, 0.25) is 5.41 Å². The van der Waals surface area contributed by atoms with E-state index in [9.17, 15) is 92.6 Å². The number of carbonyl (C=O) groups is 2. The van der Waals surface area contributed by atoms with Gasteiger partial charge in [-0.3, -0.25) is 9.59 Å². The largest absolute Gasteiger partial charge is 0.460 e. The molecular formula is C17H15F17O6S. The second-order valence-corrected chi connectivity index (χ2v) is 10.7. The van der Waals surface area contributed by atoms with Gasteiger partial charge in [-0.1, -0.05) is 0 Å². The monoisotopic (exact) mass is 670 g/mol. The van der Waals surface area contributed by atoms with Crippen molar-refractivity contribution < 1.29 is 102 Å². The van der Waals surface area contributed by atoms with Gasteiger partial charge in [0, 0.05) is 0 Å². The third-order valence-corrected chi connectivity index (χ3v) is 6.23. The van der Waals surface area contributed by atoms with E-state index in [-0.39, 0.29) is 13.8 Å². The number of hydrogen-bond acceptors (Lipinski definition) is 6. The van der Waals surface area contributed by atoms with E-state index in [2.05, 4.69) is 8.92 Å². The molecule has 0 aromatic carbocycles. The van der Waals surface area contributed by atoms with Crippen LogP contribution >= 0.6 is 0 Å². The van der Waals surface area contributed by atoms with E-state index in [1.807, 2.05) is 0 Å². The number of halogens is 17. The average Bonchev–Trinajstić information content (AvgIpc) is 2.68. The van der Waals surface area contributed by atoms with Crippen molar-refractivity contribution in [2.75, 3.05) is 0 Å². The Bertz CT molecular complexity index is 1140. The van der Waals surface area contributed by atoms with E-state index in [4.69, 9.17) is 0 Å². The molecule has 1 unspecified atom stereocenters. The molecule has 0 heterocycles. The van der Waals surface area contributed by atoms with Crippen molar-refractivity contribution in [3.05, 3.63) is 0 Å². The predicted molar refractivity (Wildman–Crippen MR) is 95.3 cm³/mol. The van der Waals surface area contributed by atoms with Crippen LogP contribution in [0.25, 0.3) is 0 Å². The molecule has 0 spiro atoms. The first kappa shape index (κ1) is 38.9. The summed E-state index contributed by atoms with van der Waals surface area (Å²) in [4.78, 5) is 23.8. The Morgan fingerprint density at radius 2 is 0.878 bits per heavy atom. The summed E-state index contributed by atoms with van der Waals surface area (Å²) in [6.07, 6.45) is -14.3. The predicted octanol–water partition coefficient (Wildman–Crippen LogP) is 6.19. The summed E-state index contributed by atoms with van der Waals surface area (Å²) in [6, 6.07) is 0. The molecule has 24 heteroatoms. The van der Waals surface area contributed by atoms with Crippen LogP contribution in [0.15, 0.2) is 0 Å². The van der Waals surface area contributed by atoms with Crippen molar-refractivity contribution in [3.8, 4) is 0 Å². The molecule has 0 saturated carbocycles. The fraction of sp³-hybridized carbons (Fsp3) is 0.882. The Morgan fingerprint density at radius 1 is 0.561 bits per heavy atom. The van der Waals surface area contributed by atoms with Crippen molar-refractivity contribution in [1.82, 2.24) is 0 Å². The lowest BCUT2D eigenvalue weighted by Gasteiger charge is -2.41. The zero-order valence-electron chi connectivity index (χ0n) is 20.3.